The highest BCUT2D eigenvalue weighted by Crippen LogP contribution is 2.29. The number of hydrogen-bond acceptors (Lipinski definition) is 5. The normalized spacial score (nSPS) is 18.1. The molecule has 1 fully saturated rings. The molecule has 1 saturated heterocycles. The lowest BCUT2D eigenvalue weighted by molar-refractivity contribution is 0.0110. The predicted octanol–water partition coefficient (Wildman–Crippen LogP) is 3.51. The summed E-state index contributed by atoms with van der Waals surface area (Å²) < 4.78 is 30.3. The molecule has 1 aromatic heterocycles. The second-order valence-electron chi connectivity index (χ2n) is 7.11. The van der Waals surface area contributed by atoms with Crippen molar-refractivity contribution in [3.05, 3.63) is 22.4 Å². The fraction of sp³-hybridized carbons (Fsp3) is 0.625. The first-order valence-electron chi connectivity index (χ1n) is 8.31. The highest BCUT2D eigenvalue weighted by molar-refractivity contribution is 7.74. The van der Waals surface area contributed by atoms with Gasteiger partial charge in [0.15, 0.2) is 5.15 Å². The quantitative estimate of drug-likeness (QED) is 0.591. The third-order valence-electron chi connectivity index (χ3n) is 3.90. The highest BCUT2D eigenvalue weighted by atomic mass is 35.5. The Balaban J connectivity index is 2.25. The van der Waals surface area contributed by atoms with Gasteiger partial charge in [0.2, 0.25) is 10.9 Å². The van der Waals surface area contributed by atoms with E-state index in [0.717, 1.165) is 17.1 Å². The van der Waals surface area contributed by atoms with Crippen LogP contribution < -0.4 is 4.31 Å². The van der Waals surface area contributed by atoms with Crippen LogP contribution in [0.15, 0.2) is 12.3 Å². The van der Waals surface area contributed by atoms with Crippen molar-refractivity contribution < 1.29 is 17.9 Å². The zero-order valence-corrected chi connectivity index (χ0v) is 17.4. The summed E-state index contributed by atoms with van der Waals surface area (Å²) in [4.78, 5) is 18.0. The first kappa shape index (κ1) is 21.1. The number of likely N-dealkylation sites (tertiary alicyclic amines) is 1. The molecule has 2 rings (SSSR count). The number of carbonyl (C=O) groups excluding carboxylic acids is 1. The van der Waals surface area contributed by atoms with Crippen LogP contribution in [-0.4, -0.2) is 49.1 Å². The summed E-state index contributed by atoms with van der Waals surface area (Å²) in [6, 6.07) is 1.13. The number of hydrogen-bond donors (Lipinski definition) is 1. The van der Waals surface area contributed by atoms with Crippen LogP contribution in [0.25, 0.3) is 0 Å². The number of amides is 1. The van der Waals surface area contributed by atoms with E-state index in [9.17, 15) is 13.2 Å². The minimum atomic E-state index is -2.99. The van der Waals surface area contributed by atoms with Crippen molar-refractivity contribution in [2.24, 2.45) is 0 Å². The molecule has 1 atom stereocenters. The molecule has 1 amide bonds. The number of piperidine rings is 1. The van der Waals surface area contributed by atoms with Gasteiger partial charge in [-0.2, -0.15) is 0 Å². The van der Waals surface area contributed by atoms with E-state index in [1.807, 2.05) is 0 Å². The van der Waals surface area contributed by atoms with Crippen molar-refractivity contribution in [2.75, 3.05) is 17.4 Å². The molecule has 10 heteroatoms. The zero-order chi connectivity index (χ0) is 19.5. The molecular weight excluding hydrogens is 401 g/mol. The Morgan fingerprint density at radius 3 is 2.69 bits per heavy atom. The van der Waals surface area contributed by atoms with Crippen LogP contribution in [0.5, 0.6) is 0 Å². The number of pyridine rings is 1. The van der Waals surface area contributed by atoms with Gasteiger partial charge in [0.25, 0.3) is 0 Å². The van der Waals surface area contributed by atoms with Crippen LogP contribution in [0, 0.1) is 0 Å². The molecule has 1 aromatic rings. The van der Waals surface area contributed by atoms with E-state index in [-0.39, 0.29) is 28.4 Å². The molecule has 0 spiro atoms. The lowest BCUT2D eigenvalue weighted by Gasteiger charge is -2.38. The Hall–Kier alpha value is -1.25. The van der Waals surface area contributed by atoms with Crippen LogP contribution in [0.3, 0.4) is 0 Å². The number of aromatic nitrogens is 1. The molecule has 0 saturated carbocycles. The van der Waals surface area contributed by atoms with Gasteiger partial charge >= 0.3 is 6.09 Å². The molecule has 1 unspecified atom stereocenters. The third-order valence-corrected chi connectivity index (χ3v) is 5.17. The van der Waals surface area contributed by atoms with Gasteiger partial charge in [0.05, 0.1) is 23.3 Å². The number of carbonyl (C=O) groups is 1. The zero-order valence-electron chi connectivity index (χ0n) is 14.9. The fourth-order valence-electron chi connectivity index (χ4n) is 2.80. The molecule has 146 valence electrons. The number of rotatable bonds is 4. The maximum Gasteiger partial charge on any atom is 0.410 e. The van der Waals surface area contributed by atoms with Gasteiger partial charge in [-0.3, -0.25) is 4.31 Å². The molecule has 1 aliphatic heterocycles. The smallest absolute Gasteiger partial charge is 0.410 e. The Morgan fingerprint density at radius 1 is 1.38 bits per heavy atom. The summed E-state index contributed by atoms with van der Waals surface area (Å²) >= 11 is 12.0. The molecule has 2 heterocycles. The molecular formula is C16H23Cl2N3O4S. The Morgan fingerprint density at radius 2 is 2.08 bits per heavy atom. The van der Waals surface area contributed by atoms with Crippen LogP contribution in [-0.2, 0) is 15.6 Å². The number of thiol groups is 1. The van der Waals surface area contributed by atoms with Crippen LogP contribution in [0.2, 0.25) is 10.2 Å². The topological polar surface area (TPSA) is 79.8 Å². The lowest BCUT2D eigenvalue weighted by atomic mass is 10.0. The predicted molar refractivity (Wildman–Crippen MR) is 102 cm³/mol. The molecule has 1 aliphatic rings. The van der Waals surface area contributed by atoms with Gasteiger partial charge in [-0.15, -0.1) is 0 Å². The Bertz CT molecular complexity index is 729. The number of halogens is 2. The fourth-order valence-corrected chi connectivity index (χ4v) is 3.86. The van der Waals surface area contributed by atoms with E-state index in [1.165, 1.54) is 12.3 Å². The summed E-state index contributed by atoms with van der Waals surface area (Å²) in [7, 11) is -2.99. The molecule has 26 heavy (non-hydrogen) atoms. The van der Waals surface area contributed by atoms with Crippen molar-refractivity contribution in [1.82, 2.24) is 9.88 Å². The van der Waals surface area contributed by atoms with Gasteiger partial charge in [0.1, 0.15) is 5.60 Å². The third kappa shape index (κ3) is 5.62. The molecule has 7 nitrogen and oxygen atoms in total. The van der Waals surface area contributed by atoms with Crippen molar-refractivity contribution in [3.63, 3.8) is 0 Å². The summed E-state index contributed by atoms with van der Waals surface area (Å²) in [5, 5.41) is 0.312. The minimum absolute atomic E-state index is 0.0354. The summed E-state index contributed by atoms with van der Waals surface area (Å²) in [5.74, 6) is 0. The SMILES string of the molecule is CC(C)(C)OC(=O)N1CCCCC1CN(c1cc(Cl)cnc1Cl)[SH](=O)=O. The van der Waals surface area contributed by atoms with E-state index in [0.29, 0.717) is 13.0 Å². The largest absolute Gasteiger partial charge is 0.444 e. The standard InChI is InChI=1S/C16H23Cl2N3O4S/c1-16(2,3)25-15(22)20-7-5-4-6-12(20)10-21(26(23)24)13-8-11(17)9-19-14(13)18/h8-9,12,26H,4-7,10H2,1-3H3. The average Bonchev–Trinajstić information content (AvgIpc) is 2.53. The summed E-state index contributed by atoms with van der Waals surface area (Å²) in [6.45, 7) is 5.97. The van der Waals surface area contributed by atoms with Crippen LogP contribution in [0.1, 0.15) is 40.0 Å². The van der Waals surface area contributed by atoms with Gasteiger partial charge in [-0.25, -0.2) is 18.2 Å². The minimum Gasteiger partial charge on any atom is -0.444 e. The second-order valence-corrected chi connectivity index (χ2v) is 8.86. The first-order chi connectivity index (χ1) is 12.1. The van der Waals surface area contributed by atoms with E-state index < -0.39 is 22.6 Å². The van der Waals surface area contributed by atoms with Gasteiger partial charge in [-0.05, 0) is 46.1 Å². The maximum atomic E-state index is 12.5. The maximum absolute atomic E-state index is 12.5. The summed E-state index contributed by atoms with van der Waals surface area (Å²) in [5.41, 5.74) is -0.423. The molecule has 0 bridgehead atoms. The lowest BCUT2D eigenvalue weighted by Crippen LogP contribution is -2.50. The first-order valence-corrected chi connectivity index (χ1v) is 10.2. The monoisotopic (exact) mass is 423 g/mol. The van der Waals surface area contributed by atoms with Gasteiger partial charge < -0.3 is 9.64 Å². The molecule has 0 aliphatic carbocycles. The molecule has 0 radical (unpaired) electrons. The number of ether oxygens (including phenoxy) is 1. The van der Waals surface area contributed by atoms with E-state index in [4.69, 9.17) is 27.9 Å². The molecule has 0 N–H and O–H groups in total. The van der Waals surface area contributed by atoms with Gasteiger partial charge in [-0.1, -0.05) is 23.2 Å². The van der Waals surface area contributed by atoms with E-state index >= 15 is 0 Å². The van der Waals surface area contributed by atoms with Crippen molar-refractivity contribution >= 4 is 45.9 Å². The average molecular weight is 424 g/mol. The van der Waals surface area contributed by atoms with Crippen LogP contribution in [0.4, 0.5) is 10.5 Å². The Labute approximate surface area is 165 Å². The second kappa shape index (κ2) is 8.63. The van der Waals surface area contributed by atoms with Crippen molar-refractivity contribution in [1.29, 1.82) is 0 Å². The van der Waals surface area contributed by atoms with Gasteiger partial charge in [0, 0.05) is 12.7 Å². The highest BCUT2D eigenvalue weighted by Gasteiger charge is 2.32. The van der Waals surface area contributed by atoms with Crippen molar-refractivity contribution in [3.8, 4) is 0 Å². The Kier molecular flexibility index (Phi) is 6.99. The van der Waals surface area contributed by atoms with E-state index in [2.05, 4.69) is 4.98 Å². The van der Waals surface area contributed by atoms with Crippen molar-refractivity contribution in [2.45, 2.75) is 51.7 Å². The molecule has 0 aromatic carbocycles. The van der Waals surface area contributed by atoms with E-state index in [1.54, 1.807) is 25.7 Å². The summed E-state index contributed by atoms with van der Waals surface area (Å²) in [6.07, 6.45) is 3.31. The van der Waals surface area contributed by atoms with Crippen LogP contribution >= 0.6 is 23.2 Å². The number of anilines is 1. The number of nitrogens with zero attached hydrogens (tertiary/aromatic N) is 3.